The zero-order valence-corrected chi connectivity index (χ0v) is 9.18. The summed E-state index contributed by atoms with van der Waals surface area (Å²) < 4.78 is 14.6. The summed E-state index contributed by atoms with van der Waals surface area (Å²) in [6, 6.07) is 0. The van der Waals surface area contributed by atoms with Crippen molar-refractivity contribution in [3.63, 3.8) is 0 Å². The normalized spacial score (nSPS) is 16.8. The number of anilines is 1. The number of aromatic nitrogens is 4. The van der Waals surface area contributed by atoms with Gasteiger partial charge in [0.15, 0.2) is 5.65 Å². The standard InChI is InChI=1S/C10H12FN5/c1-6-8-9(15(2)14-6)12-5-13-10(8)16-3-7(11)4-16/h5,7H,3-4H2,1-2H3. The summed E-state index contributed by atoms with van der Waals surface area (Å²) >= 11 is 0. The lowest BCUT2D eigenvalue weighted by Crippen LogP contribution is -2.49. The molecule has 2 aromatic heterocycles. The van der Waals surface area contributed by atoms with Gasteiger partial charge >= 0.3 is 0 Å². The van der Waals surface area contributed by atoms with E-state index in [-0.39, 0.29) is 0 Å². The highest BCUT2D eigenvalue weighted by molar-refractivity contribution is 5.89. The highest BCUT2D eigenvalue weighted by atomic mass is 19.1. The highest BCUT2D eigenvalue weighted by Gasteiger charge is 2.29. The second kappa shape index (κ2) is 3.13. The van der Waals surface area contributed by atoms with E-state index in [1.165, 1.54) is 6.33 Å². The second-order valence-corrected chi connectivity index (χ2v) is 4.11. The lowest BCUT2D eigenvalue weighted by Gasteiger charge is -2.35. The van der Waals surface area contributed by atoms with E-state index in [0.29, 0.717) is 13.1 Å². The monoisotopic (exact) mass is 221 g/mol. The largest absolute Gasteiger partial charge is 0.350 e. The number of fused-ring (bicyclic) bond motifs is 1. The summed E-state index contributed by atoms with van der Waals surface area (Å²) in [5.41, 5.74) is 1.68. The molecule has 0 radical (unpaired) electrons. The lowest BCUT2D eigenvalue weighted by molar-refractivity contribution is 0.274. The quantitative estimate of drug-likeness (QED) is 0.715. The zero-order chi connectivity index (χ0) is 11.3. The maximum atomic E-state index is 12.9. The Morgan fingerprint density at radius 2 is 2.12 bits per heavy atom. The fourth-order valence-corrected chi connectivity index (χ4v) is 2.10. The van der Waals surface area contributed by atoms with E-state index >= 15 is 0 Å². The summed E-state index contributed by atoms with van der Waals surface area (Å²) in [5, 5.41) is 5.23. The van der Waals surface area contributed by atoms with Crippen LogP contribution in [0.5, 0.6) is 0 Å². The summed E-state index contributed by atoms with van der Waals surface area (Å²) in [6.07, 6.45) is 0.770. The molecule has 1 saturated heterocycles. The Hall–Kier alpha value is -1.72. The molecule has 84 valence electrons. The Bertz CT molecular complexity index is 543. The number of hydrogen-bond acceptors (Lipinski definition) is 4. The molecule has 1 aliphatic heterocycles. The van der Waals surface area contributed by atoms with Crippen LogP contribution in [0.15, 0.2) is 6.33 Å². The lowest BCUT2D eigenvalue weighted by atomic mass is 10.1. The molecule has 0 aliphatic carbocycles. The predicted molar refractivity (Wildman–Crippen MR) is 58.2 cm³/mol. The molecule has 0 saturated carbocycles. The number of aryl methyl sites for hydroxylation is 2. The summed E-state index contributed by atoms with van der Waals surface area (Å²) in [5.74, 6) is 0.796. The Labute approximate surface area is 91.9 Å². The van der Waals surface area contributed by atoms with Crippen molar-refractivity contribution in [3.8, 4) is 0 Å². The van der Waals surface area contributed by atoms with Crippen LogP contribution in [0, 0.1) is 6.92 Å². The smallest absolute Gasteiger partial charge is 0.163 e. The highest BCUT2D eigenvalue weighted by Crippen LogP contribution is 2.29. The van der Waals surface area contributed by atoms with Crippen LogP contribution in [0.3, 0.4) is 0 Å². The molecule has 0 atom stereocenters. The molecular weight excluding hydrogens is 209 g/mol. The van der Waals surface area contributed by atoms with E-state index < -0.39 is 6.17 Å². The van der Waals surface area contributed by atoms with Crippen LogP contribution < -0.4 is 4.90 Å². The van der Waals surface area contributed by atoms with Crippen molar-refractivity contribution in [2.75, 3.05) is 18.0 Å². The molecule has 1 fully saturated rings. The van der Waals surface area contributed by atoms with Gasteiger partial charge in [0, 0.05) is 7.05 Å². The predicted octanol–water partition coefficient (Wildman–Crippen LogP) is 0.830. The van der Waals surface area contributed by atoms with Gasteiger partial charge in [-0.15, -0.1) is 0 Å². The van der Waals surface area contributed by atoms with Crippen molar-refractivity contribution in [3.05, 3.63) is 12.0 Å². The van der Waals surface area contributed by atoms with Gasteiger partial charge in [-0.05, 0) is 6.92 Å². The maximum absolute atomic E-state index is 12.9. The van der Waals surface area contributed by atoms with E-state index in [2.05, 4.69) is 15.1 Å². The number of nitrogens with zero attached hydrogens (tertiary/aromatic N) is 5. The van der Waals surface area contributed by atoms with E-state index in [1.54, 1.807) is 4.68 Å². The SMILES string of the molecule is Cc1nn(C)c2ncnc(N3CC(F)C3)c12. The summed E-state index contributed by atoms with van der Waals surface area (Å²) in [7, 11) is 1.85. The van der Waals surface area contributed by atoms with E-state index in [9.17, 15) is 4.39 Å². The minimum atomic E-state index is -0.734. The van der Waals surface area contributed by atoms with E-state index in [4.69, 9.17) is 0 Å². The summed E-state index contributed by atoms with van der Waals surface area (Å²) in [4.78, 5) is 10.3. The van der Waals surface area contributed by atoms with Crippen LogP contribution >= 0.6 is 0 Å². The molecule has 3 heterocycles. The molecule has 3 rings (SSSR count). The van der Waals surface area contributed by atoms with Crippen LogP contribution in [-0.2, 0) is 7.05 Å². The van der Waals surface area contributed by atoms with E-state index in [0.717, 1.165) is 22.5 Å². The van der Waals surface area contributed by atoms with Gasteiger partial charge in [-0.2, -0.15) is 5.10 Å². The fourth-order valence-electron chi connectivity index (χ4n) is 2.10. The molecule has 6 heteroatoms. The minimum absolute atomic E-state index is 0.417. The van der Waals surface area contributed by atoms with Crippen LogP contribution in [0.4, 0.5) is 10.2 Å². The van der Waals surface area contributed by atoms with Gasteiger partial charge in [-0.1, -0.05) is 0 Å². The van der Waals surface area contributed by atoms with Crippen molar-refractivity contribution in [2.24, 2.45) is 7.05 Å². The molecule has 0 amide bonds. The average Bonchev–Trinajstić information content (AvgIpc) is 2.51. The first-order valence-corrected chi connectivity index (χ1v) is 5.20. The molecule has 0 unspecified atom stereocenters. The molecule has 0 spiro atoms. The van der Waals surface area contributed by atoms with Gasteiger partial charge in [0.05, 0.1) is 24.2 Å². The molecule has 2 aromatic rings. The van der Waals surface area contributed by atoms with Crippen molar-refractivity contribution in [1.82, 2.24) is 19.7 Å². The van der Waals surface area contributed by atoms with Gasteiger partial charge in [-0.3, -0.25) is 4.68 Å². The third-order valence-electron chi connectivity index (χ3n) is 2.91. The Kier molecular flexibility index (Phi) is 1.86. The van der Waals surface area contributed by atoms with Crippen LogP contribution in [-0.4, -0.2) is 39.0 Å². The summed E-state index contributed by atoms with van der Waals surface area (Å²) in [6.45, 7) is 2.75. The van der Waals surface area contributed by atoms with Crippen molar-refractivity contribution in [1.29, 1.82) is 0 Å². The van der Waals surface area contributed by atoms with Crippen molar-refractivity contribution in [2.45, 2.75) is 13.1 Å². The number of halogens is 1. The van der Waals surface area contributed by atoms with Crippen molar-refractivity contribution < 1.29 is 4.39 Å². The van der Waals surface area contributed by atoms with Gasteiger partial charge in [-0.25, -0.2) is 14.4 Å². The Morgan fingerprint density at radius 1 is 1.38 bits per heavy atom. The topological polar surface area (TPSA) is 46.8 Å². The van der Waals surface area contributed by atoms with Gasteiger partial charge < -0.3 is 4.90 Å². The minimum Gasteiger partial charge on any atom is -0.350 e. The third-order valence-corrected chi connectivity index (χ3v) is 2.91. The Morgan fingerprint density at radius 3 is 2.81 bits per heavy atom. The number of hydrogen-bond donors (Lipinski definition) is 0. The molecular formula is C10H12FN5. The fraction of sp³-hybridized carbons (Fsp3) is 0.500. The molecule has 0 aromatic carbocycles. The number of alkyl halides is 1. The van der Waals surface area contributed by atoms with E-state index in [1.807, 2.05) is 18.9 Å². The Balaban J connectivity index is 2.17. The first kappa shape index (κ1) is 9.50. The average molecular weight is 221 g/mol. The van der Waals surface area contributed by atoms with Gasteiger partial charge in [0.1, 0.15) is 18.3 Å². The number of rotatable bonds is 1. The molecule has 5 nitrogen and oxygen atoms in total. The van der Waals surface area contributed by atoms with Crippen LogP contribution in [0.1, 0.15) is 5.69 Å². The molecule has 0 bridgehead atoms. The second-order valence-electron chi connectivity index (χ2n) is 4.11. The molecule has 0 N–H and O–H groups in total. The van der Waals surface area contributed by atoms with Gasteiger partial charge in [0.25, 0.3) is 0 Å². The maximum Gasteiger partial charge on any atom is 0.163 e. The first-order chi connectivity index (χ1) is 7.66. The molecule has 16 heavy (non-hydrogen) atoms. The van der Waals surface area contributed by atoms with Crippen LogP contribution in [0.25, 0.3) is 11.0 Å². The third kappa shape index (κ3) is 1.19. The van der Waals surface area contributed by atoms with Crippen LogP contribution in [0.2, 0.25) is 0 Å². The zero-order valence-electron chi connectivity index (χ0n) is 9.18. The van der Waals surface area contributed by atoms with Crippen molar-refractivity contribution >= 4 is 16.9 Å². The molecule has 1 aliphatic rings. The van der Waals surface area contributed by atoms with Gasteiger partial charge in [0.2, 0.25) is 0 Å². The first-order valence-electron chi connectivity index (χ1n) is 5.20.